The van der Waals surface area contributed by atoms with Crippen molar-refractivity contribution in [1.29, 1.82) is 0 Å². The summed E-state index contributed by atoms with van der Waals surface area (Å²) in [6.45, 7) is 3.87. The molecule has 0 aliphatic carbocycles. The van der Waals surface area contributed by atoms with Crippen LogP contribution in [0.25, 0.3) is 10.2 Å². The average molecular weight is 626 g/mol. The Hall–Kier alpha value is -3.93. The minimum Gasteiger partial charge on any atom is -0.340 e. The van der Waals surface area contributed by atoms with Crippen molar-refractivity contribution in [3.8, 4) is 0 Å². The van der Waals surface area contributed by atoms with E-state index in [0.717, 1.165) is 47.7 Å². The number of amides is 3. The van der Waals surface area contributed by atoms with Gasteiger partial charge in [-0.15, -0.1) is 11.3 Å². The number of likely N-dealkylation sites (N-methyl/N-ethyl adjacent to an activating group) is 2. The van der Waals surface area contributed by atoms with Crippen molar-refractivity contribution in [1.82, 2.24) is 29.5 Å². The van der Waals surface area contributed by atoms with Crippen molar-refractivity contribution in [2.24, 2.45) is 4.99 Å². The lowest BCUT2D eigenvalue weighted by molar-refractivity contribution is -0.136. The van der Waals surface area contributed by atoms with Gasteiger partial charge in [-0.05, 0) is 23.3 Å². The van der Waals surface area contributed by atoms with Gasteiger partial charge in [0.1, 0.15) is 0 Å². The molecule has 0 N–H and O–H groups in total. The van der Waals surface area contributed by atoms with E-state index in [1.54, 1.807) is 42.1 Å². The lowest BCUT2D eigenvalue weighted by Crippen LogP contribution is -2.65. The summed E-state index contributed by atoms with van der Waals surface area (Å²) in [5.74, 6) is 1.36. The molecule has 7 rings (SSSR count). The van der Waals surface area contributed by atoms with E-state index in [9.17, 15) is 9.59 Å². The van der Waals surface area contributed by atoms with E-state index in [0.29, 0.717) is 6.54 Å². The van der Waals surface area contributed by atoms with Crippen LogP contribution < -0.4 is 0 Å². The van der Waals surface area contributed by atoms with Crippen molar-refractivity contribution < 1.29 is 9.59 Å². The molecule has 226 valence electrons. The minimum atomic E-state index is -0.534. The Morgan fingerprint density at radius 2 is 1.50 bits per heavy atom. The zero-order chi connectivity index (χ0) is 30.2. The van der Waals surface area contributed by atoms with Gasteiger partial charge in [0.05, 0.1) is 16.3 Å². The standard InChI is InChI=1S/C33H35N7O2S2/c1-36-29-28(30(41)37(2)33(36)42)40(21-22-43-32-34-25-15-9-10-16-26(25)44-32)31(35-29)39-19-17-38(18-20-39)27(23-11-5-3-6-12-23)24-13-7-4-8-14-24/h3-16,27-29H,17-22H2,1-2H3. The highest BCUT2D eigenvalue weighted by atomic mass is 32.2. The van der Waals surface area contributed by atoms with Crippen LogP contribution in [0.2, 0.25) is 0 Å². The molecule has 2 unspecified atom stereocenters. The molecule has 2 fully saturated rings. The number of thiazole rings is 1. The molecule has 0 radical (unpaired) electrons. The Balaban J connectivity index is 1.11. The molecule has 2 atom stereocenters. The number of imide groups is 1. The number of para-hydroxylation sites is 1. The third-order valence-corrected chi connectivity index (χ3v) is 10.9. The first-order valence-corrected chi connectivity index (χ1v) is 16.8. The maximum Gasteiger partial charge on any atom is 0.328 e. The number of nitrogens with zero attached hydrogens (tertiary/aromatic N) is 7. The summed E-state index contributed by atoms with van der Waals surface area (Å²) in [5, 5.41) is 0. The van der Waals surface area contributed by atoms with Crippen molar-refractivity contribution in [3.63, 3.8) is 0 Å². The van der Waals surface area contributed by atoms with E-state index in [2.05, 4.69) is 81.4 Å². The molecule has 3 aliphatic heterocycles. The highest BCUT2D eigenvalue weighted by Crippen LogP contribution is 2.34. The number of carbonyl (C=O) groups excluding carboxylic acids is 2. The van der Waals surface area contributed by atoms with E-state index in [1.165, 1.54) is 20.7 Å². The topological polar surface area (TPSA) is 75.6 Å². The van der Waals surface area contributed by atoms with Crippen LogP contribution in [0.5, 0.6) is 0 Å². The number of aliphatic imine (C=N–C) groups is 1. The van der Waals surface area contributed by atoms with Crippen molar-refractivity contribution in [2.45, 2.75) is 22.6 Å². The van der Waals surface area contributed by atoms with Gasteiger partial charge in [-0.25, -0.2) is 14.8 Å². The first-order chi connectivity index (χ1) is 21.5. The third-order valence-electron chi connectivity index (χ3n) is 8.72. The summed E-state index contributed by atoms with van der Waals surface area (Å²) in [7, 11) is 3.31. The molecule has 44 heavy (non-hydrogen) atoms. The normalized spacial score (nSPS) is 21.0. The fraction of sp³-hybridized carbons (Fsp3) is 0.333. The van der Waals surface area contributed by atoms with E-state index in [-0.39, 0.29) is 18.0 Å². The van der Waals surface area contributed by atoms with Gasteiger partial charge < -0.3 is 14.7 Å². The van der Waals surface area contributed by atoms with Crippen LogP contribution in [0.1, 0.15) is 17.2 Å². The van der Waals surface area contributed by atoms with Crippen LogP contribution in [0, 0.1) is 0 Å². The van der Waals surface area contributed by atoms with Gasteiger partial charge in [0.25, 0.3) is 5.91 Å². The van der Waals surface area contributed by atoms with E-state index in [4.69, 9.17) is 9.98 Å². The van der Waals surface area contributed by atoms with E-state index >= 15 is 0 Å². The van der Waals surface area contributed by atoms with Gasteiger partial charge in [-0.3, -0.25) is 14.6 Å². The number of piperazine rings is 1. The molecule has 4 heterocycles. The molecule has 3 amide bonds. The zero-order valence-corrected chi connectivity index (χ0v) is 26.5. The number of guanidine groups is 1. The van der Waals surface area contributed by atoms with Gasteiger partial charge in [-0.1, -0.05) is 84.6 Å². The molecule has 0 bridgehead atoms. The molecule has 0 saturated carbocycles. The Morgan fingerprint density at radius 1 is 0.864 bits per heavy atom. The number of hydrogen-bond acceptors (Lipinski definition) is 9. The molecular formula is C33H35N7O2S2. The number of fused-ring (bicyclic) bond motifs is 2. The van der Waals surface area contributed by atoms with Gasteiger partial charge in [0, 0.05) is 52.6 Å². The molecule has 0 spiro atoms. The highest BCUT2D eigenvalue weighted by molar-refractivity contribution is 8.01. The van der Waals surface area contributed by atoms with Gasteiger partial charge in [0.2, 0.25) is 0 Å². The summed E-state index contributed by atoms with van der Waals surface area (Å²) < 4.78 is 2.19. The zero-order valence-electron chi connectivity index (χ0n) is 24.8. The van der Waals surface area contributed by atoms with Crippen molar-refractivity contribution in [3.05, 3.63) is 96.1 Å². The predicted octanol–water partition coefficient (Wildman–Crippen LogP) is 4.69. The molecule has 11 heteroatoms. The fourth-order valence-electron chi connectivity index (χ4n) is 6.46. The summed E-state index contributed by atoms with van der Waals surface area (Å²) in [6, 6.07) is 28.8. The monoisotopic (exact) mass is 625 g/mol. The third kappa shape index (κ3) is 5.33. The van der Waals surface area contributed by atoms with Gasteiger partial charge >= 0.3 is 6.03 Å². The Kier molecular flexibility index (Phi) is 8.00. The Labute approximate surface area is 265 Å². The molecule has 9 nitrogen and oxygen atoms in total. The minimum absolute atomic E-state index is 0.160. The molecule has 3 aliphatic rings. The maximum absolute atomic E-state index is 13.5. The molecule has 3 aromatic carbocycles. The molecule has 4 aromatic rings. The number of benzene rings is 3. The number of carbonyl (C=O) groups is 2. The maximum atomic E-state index is 13.5. The molecule has 1 aromatic heterocycles. The highest BCUT2D eigenvalue weighted by Gasteiger charge is 2.52. The van der Waals surface area contributed by atoms with Gasteiger partial charge in [-0.2, -0.15) is 0 Å². The first-order valence-electron chi connectivity index (χ1n) is 15.0. The largest absolute Gasteiger partial charge is 0.340 e. The lowest BCUT2D eigenvalue weighted by atomic mass is 9.96. The number of thioether (sulfide) groups is 1. The van der Waals surface area contributed by atoms with Crippen molar-refractivity contribution in [2.75, 3.05) is 52.6 Å². The van der Waals surface area contributed by atoms with Crippen LogP contribution in [0.4, 0.5) is 4.79 Å². The predicted molar refractivity (Wildman–Crippen MR) is 176 cm³/mol. The second-order valence-electron chi connectivity index (χ2n) is 11.3. The number of urea groups is 1. The second-order valence-corrected chi connectivity index (χ2v) is 13.7. The Bertz CT molecular complexity index is 1600. The Morgan fingerprint density at radius 3 is 2.16 bits per heavy atom. The molecular weight excluding hydrogens is 591 g/mol. The fourth-order valence-corrected chi connectivity index (χ4v) is 8.54. The SMILES string of the molecule is CN1C(=O)C2C(N=C(N3CCN(C(c4ccccc4)c4ccccc4)CC3)N2CCSc2nc3ccccc3s2)N(C)C1=O. The van der Waals surface area contributed by atoms with E-state index < -0.39 is 12.2 Å². The quantitative estimate of drug-likeness (QED) is 0.276. The van der Waals surface area contributed by atoms with Crippen LogP contribution in [0.3, 0.4) is 0 Å². The number of hydrogen-bond donors (Lipinski definition) is 0. The van der Waals surface area contributed by atoms with E-state index in [1.807, 2.05) is 18.2 Å². The van der Waals surface area contributed by atoms with Gasteiger partial charge in [0.15, 0.2) is 22.5 Å². The smallest absolute Gasteiger partial charge is 0.328 e. The summed E-state index contributed by atoms with van der Waals surface area (Å²) in [6.07, 6.45) is -0.534. The lowest BCUT2D eigenvalue weighted by Gasteiger charge is -2.43. The summed E-state index contributed by atoms with van der Waals surface area (Å²) >= 11 is 3.39. The summed E-state index contributed by atoms with van der Waals surface area (Å²) in [5.41, 5.74) is 3.56. The average Bonchev–Trinajstić information content (AvgIpc) is 3.66. The van der Waals surface area contributed by atoms with Crippen LogP contribution in [0.15, 0.2) is 94.3 Å². The number of rotatable bonds is 7. The van der Waals surface area contributed by atoms with Crippen LogP contribution in [-0.4, -0.2) is 112 Å². The van der Waals surface area contributed by atoms with Crippen LogP contribution in [-0.2, 0) is 4.79 Å². The first kappa shape index (κ1) is 28.8. The van der Waals surface area contributed by atoms with Crippen LogP contribution >= 0.6 is 23.1 Å². The molecule has 2 saturated heterocycles. The summed E-state index contributed by atoms with van der Waals surface area (Å²) in [4.78, 5) is 46.0. The number of aromatic nitrogens is 1. The van der Waals surface area contributed by atoms with Crippen molar-refractivity contribution >= 4 is 51.2 Å². The second kappa shape index (κ2) is 12.2.